The zero-order valence-electron chi connectivity index (χ0n) is 8.16. The second-order valence-electron chi connectivity index (χ2n) is 3.70. The predicted molar refractivity (Wildman–Crippen MR) is 50.2 cm³/mol. The lowest BCUT2D eigenvalue weighted by atomic mass is 10.0. The highest BCUT2D eigenvalue weighted by molar-refractivity contribution is 5.33. The van der Waals surface area contributed by atoms with E-state index in [4.69, 9.17) is 10.5 Å². The van der Waals surface area contributed by atoms with Gasteiger partial charge in [0.2, 0.25) is 0 Å². The zero-order valence-corrected chi connectivity index (χ0v) is 8.16. The minimum atomic E-state index is -0.376. The first-order chi connectivity index (χ1) is 6.68. The van der Waals surface area contributed by atoms with E-state index in [1.807, 2.05) is 0 Å². The number of anilines is 1. The molecule has 1 saturated heterocycles. The molecule has 1 atom stereocenters. The average molecular weight is 199 g/mol. The van der Waals surface area contributed by atoms with E-state index in [9.17, 15) is 4.39 Å². The number of aromatic nitrogens is 2. The van der Waals surface area contributed by atoms with Crippen LogP contribution >= 0.6 is 0 Å². The first-order valence-electron chi connectivity index (χ1n) is 4.73. The fourth-order valence-electron chi connectivity index (χ4n) is 1.72. The van der Waals surface area contributed by atoms with E-state index in [0.29, 0.717) is 24.6 Å². The van der Waals surface area contributed by atoms with E-state index in [1.165, 1.54) is 4.68 Å². The summed E-state index contributed by atoms with van der Waals surface area (Å²) >= 11 is 0. The molecule has 0 saturated carbocycles. The zero-order chi connectivity index (χ0) is 10.1. The molecular formula is C9H14FN3O. The number of ether oxygens (including phenoxy) is 1. The van der Waals surface area contributed by atoms with E-state index in [0.717, 1.165) is 13.0 Å². The summed E-state index contributed by atoms with van der Waals surface area (Å²) in [5.41, 5.74) is 5.93. The Kier molecular flexibility index (Phi) is 2.41. The van der Waals surface area contributed by atoms with Gasteiger partial charge in [0, 0.05) is 20.3 Å². The van der Waals surface area contributed by atoms with Gasteiger partial charge in [-0.1, -0.05) is 0 Å². The van der Waals surface area contributed by atoms with Gasteiger partial charge in [-0.25, -0.2) is 4.39 Å². The van der Waals surface area contributed by atoms with Crippen LogP contribution in [0, 0.1) is 11.7 Å². The second kappa shape index (κ2) is 3.57. The molecular weight excluding hydrogens is 185 g/mol. The molecule has 1 fully saturated rings. The first kappa shape index (κ1) is 9.45. The monoisotopic (exact) mass is 199 g/mol. The minimum Gasteiger partial charge on any atom is -0.381 e. The highest BCUT2D eigenvalue weighted by Crippen LogP contribution is 2.21. The molecule has 0 spiro atoms. The number of aryl methyl sites for hydroxylation is 1. The molecule has 4 nitrogen and oxygen atoms in total. The Balaban J connectivity index is 2.12. The molecule has 0 radical (unpaired) electrons. The molecule has 1 unspecified atom stereocenters. The van der Waals surface area contributed by atoms with Crippen molar-refractivity contribution in [3.63, 3.8) is 0 Å². The highest BCUT2D eigenvalue weighted by atomic mass is 19.1. The van der Waals surface area contributed by atoms with Gasteiger partial charge in [0.25, 0.3) is 0 Å². The Morgan fingerprint density at radius 1 is 1.71 bits per heavy atom. The van der Waals surface area contributed by atoms with Crippen molar-refractivity contribution in [2.45, 2.75) is 12.8 Å². The minimum absolute atomic E-state index is 0.110. The quantitative estimate of drug-likeness (QED) is 0.763. The van der Waals surface area contributed by atoms with Crippen molar-refractivity contribution in [3.05, 3.63) is 11.5 Å². The van der Waals surface area contributed by atoms with Gasteiger partial charge in [0.15, 0.2) is 11.6 Å². The van der Waals surface area contributed by atoms with Gasteiger partial charge in [-0.3, -0.25) is 4.68 Å². The summed E-state index contributed by atoms with van der Waals surface area (Å²) in [6.45, 7) is 1.48. The SMILES string of the molecule is Cn1nc(CC2CCOC2)c(F)c1N. The summed E-state index contributed by atoms with van der Waals surface area (Å²) in [6.07, 6.45) is 1.60. The van der Waals surface area contributed by atoms with E-state index in [1.54, 1.807) is 7.05 Å². The summed E-state index contributed by atoms with van der Waals surface area (Å²) < 4.78 is 20.0. The molecule has 2 heterocycles. The Morgan fingerprint density at radius 3 is 3.00 bits per heavy atom. The molecule has 78 valence electrons. The molecule has 5 heteroatoms. The number of halogens is 1. The van der Waals surface area contributed by atoms with Crippen LogP contribution in [0.4, 0.5) is 10.2 Å². The number of rotatable bonds is 2. The van der Waals surface area contributed by atoms with Gasteiger partial charge in [-0.2, -0.15) is 5.10 Å². The smallest absolute Gasteiger partial charge is 0.188 e. The lowest BCUT2D eigenvalue weighted by Gasteiger charge is -2.03. The third-order valence-electron chi connectivity index (χ3n) is 2.60. The molecule has 14 heavy (non-hydrogen) atoms. The number of hydrogen-bond acceptors (Lipinski definition) is 3. The fourth-order valence-corrected chi connectivity index (χ4v) is 1.72. The molecule has 2 rings (SSSR count). The van der Waals surface area contributed by atoms with E-state index >= 15 is 0 Å². The van der Waals surface area contributed by atoms with Crippen LogP contribution in [0.3, 0.4) is 0 Å². The van der Waals surface area contributed by atoms with Crippen molar-refractivity contribution >= 4 is 5.82 Å². The summed E-state index contributed by atoms with van der Waals surface area (Å²) in [6, 6.07) is 0. The van der Waals surface area contributed by atoms with Crippen molar-refractivity contribution in [1.29, 1.82) is 0 Å². The van der Waals surface area contributed by atoms with Crippen LogP contribution in [0.5, 0.6) is 0 Å². The van der Waals surface area contributed by atoms with Crippen LogP contribution in [0.15, 0.2) is 0 Å². The van der Waals surface area contributed by atoms with Crippen molar-refractivity contribution in [2.24, 2.45) is 13.0 Å². The number of nitrogens with zero attached hydrogens (tertiary/aromatic N) is 2. The van der Waals surface area contributed by atoms with Crippen molar-refractivity contribution in [2.75, 3.05) is 18.9 Å². The van der Waals surface area contributed by atoms with Gasteiger partial charge in [0.1, 0.15) is 5.69 Å². The standard InChI is InChI=1S/C9H14FN3O/c1-13-9(11)8(10)7(12-13)4-6-2-3-14-5-6/h6H,2-5,11H2,1H3. The lowest BCUT2D eigenvalue weighted by Crippen LogP contribution is -2.05. The first-order valence-corrected chi connectivity index (χ1v) is 4.73. The van der Waals surface area contributed by atoms with E-state index in [2.05, 4.69) is 5.10 Å². The molecule has 0 aromatic carbocycles. The lowest BCUT2D eigenvalue weighted by molar-refractivity contribution is 0.185. The Labute approximate surface area is 81.8 Å². The van der Waals surface area contributed by atoms with Crippen molar-refractivity contribution in [3.8, 4) is 0 Å². The van der Waals surface area contributed by atoms with Crippen LogP contribution in [0.1, 0.15) is 12.1 Å². The molecule has 0 aliphatic carbocycles. The Hall–Kier alpha value is -1.10. The molecule has 1 aliphatic heterocycles. The second-order valence-corrected chi connectivity index (χ2v) is 3.70. The molecule has 2 N–H and O–H groups in total. The summed E-state index contributed by atoms with van der Waals surface area (Å²) in [7, 11) is 1.65. The number of hydrogen-bond donors (Lipinski definition) is 1. The van der Waals surface area contributed by atoms with Gasteiger partial charge < -0.3 is 10.5 Å². The van der Waals surface area contributed by atoms with Crippen molar-refractivity contribution < 1.29 is 9.13 Å². The molecule has 0 amide bonds. The molecule has 0 bridgehead atoms. The molecule has 1 aromatic heterocycles. The third kappa shape index (κ3) is 1.59. The van der Waals surface area contributed by atoms with Crippen LogP contribution in [0.2, 0.25) is 0 Å². The van der Waals surface area contributed by atoms with E-state index in [-0.39, 0.29) is 11.6 Å². The van der Waals surface area contributed by atoms with Gasteiger partial charge in [-0.05, 0) is 18.8 Å². The van der Waals surface area contributed by atoms with Gasteiger partial charge >= 0.3 is 0 Å². The van der Waals surface area contributed by atoms with E-state index < -0.39 is 0 Å². The Bertz CT molecular complexity index is 331. The molecule has 1 aromatic rings. The average Bonchev–Trinajstić information content (AvgIpc) is 2.73. The maximum absolute atomic E-state index is 13.4. The fraction of sp³-hybridized carbons (Fsp3) is 0.667. The summed E-state index contributed by atoms with van der Waals surface area (Å²) in [5, 5.41) is 4.03. The van der Waals surface area contributed by atoms with Crippen LogP contribution in [-0.2, 0) is 18.2 Å². The number of nitrogen functional groups attached to an aromatic ring is 1. The third-order valence-corrected chi connectivity index (χ3v) is 2.60. The predicted octanol–water partition coefficient (Wildman–Crippen LogP) is 0.720. The van der Waals surface area contributed by atoms with Crippen LogP contribution in [0.25, 0.3) is 0 Å². The van der Waals surface area contributed by atoms with Crippen LogP contribution in [-0.4, -0.2) is 23.0 Å². The summed E-state index contributed by atoms with van der Waals surface area (Å²) in [5.74, 6) is 0.122. The maximum atomic E-state index is 13.4. The van der Waals surface area contributed by atoms with Crippen molar-refractivity contribution in [1.82, 2.24) is 9.78 Å². The summed E-state index contributed by atoms with van der Waals surface area (Å²) in [4.78, 5) is 0. The van der Waals surface area contributed by atoms with Crippen LogP contribution < -0.4 is 5.73 Å². The Morgan fingerprint density at radius 2 is 2.50 bits per heavy atom. The van der Waals surface area contributed by atoms with Gasteiger partial charge in [-0.15, -0.1) is 0 Å². The molecule has 1 aliphatic rings. The van der Waals surface area contributed by atoms with Gasteiger partial charge in [0.05, 0.1) is 0 Å². The maximum Gasteiger partial charge on any atom is 0.188 e. The largest absolute Gasteiger partial charge is 0.381 e. The normalized spacial score (nSPS) is 21.7. The topological polar surface area (TPSA) is 53.1 Å². The number of nitrogens with two attached hydrogens (primary N) is 1. The highest BCUT2D eigenvalue weighted by Gasteiger charge is 2.21.